The van der Waals surface area contributed by atoms with Gasteiger partial charge in [-0.05, 0) is 37.3 Å². The van der Waals surface area contributed by atoms with Gasteiger partial charge >= 0.3 is 0 Å². The van der Waals surface area contributed by atoms with E-state index in [9.17, 15) is 4.79 Å². The first-order valence-electron chi connectivity index (χ1n) is 9.68. The number of nitrogens with zero attached hydrogens (tertiary/aromatic N) is 5. The highest BCUT2D eigenvalue weighted by Gasteiger charge is 2.14. The summed E-state index contributed by atoms with van der Waals surface area (Å²) in [4.78, 5) is 23.5. The first-order chi connectivity index (χ1) is 14.7. The Labute approximate surface area is 174 Å². The monoisotopic (exact) mass is 406 g/mol. The Kier molecular flexibility index (Phi) is 6.09. The van der Waals surface area contributed by atoms with E-state index in [1.165, 1.54) is 0 Å². The Morgan fingerprint density at radius 2 is 2.03 bits per heavy atom. The molecule has 1 saturated heterocycles. The van der Waals surface area contributed by atoms with Gasteiger partial charge in [-0.25, -0.2) is 9.97 Å². The zero-order valence-electron chi connectivity index (χ0n) is 16.6. The van der Waals surface area contributed by atoms with Crippen LogP contribution in [-0.2, 0) is 11.3 Å². The average Bonchev–Trinajstić information content (AvgIpc) is 2.80. The Hall–Kier alpha value is -3.59. The third-order valence-electron chi connectivity index (χ3n) is 4.52. The fraction of sp³-hybridized carbons (Fsp3) is 0.286. The van der Waals surface area contributed by atoms with E-state index < -0.39 is 0 Å². The molecule has 3 aromatic rings. The van der Waals surface area contributed by atoms with E-state index in [2.05, 4.69) is 30.4 Å². The zero-order chi connectivity index (χ0) is 20.8. The highest BCUT2D eigenvalue weighted by molar-refractivity contribution is 5.94. The molecule has 1 N–H and O–H groups in total. The summed E-state index contributed by atoms with van der Waals surface area (Å²) in [5.74, 6) is 1.31. The predicted molar refractivity (Wildman–Crippen MR) is 110 cm³/mol. The lowest BCUT2D eigenvalue weighted by molar-refractivity contribution is 0.0950. The van der Waals surface area contributed by atoms with Crippen LogP contribution < -0.4 is 15.0 Å². The van der Waals surface area contributed by atoms with Gasteiger partial charge < -0.3 is 19.7 Å². The molecule has 1 aliphatic heterocycles. The van der Waals surface area contributed by atoms with E-state index >= 15 is 0 Å². The summed E-state index contributed by atoms with van der Waals surface area (Å²) in [6.07, 6.45) is 1.70. The molecule has 0 unspecified atom stereocenters. The molecule has 1 aromatic carbocycles. The van der Waals surface area contributed by atoms with E-state index in [4.69, 9.17) is 9.47 Å². The number of ether oxygens (including phenoxy) is 2. The summed E-state index contributed by atoms with van der Waals surface area (Å²) in [6.45, 7) is 4.99. The molecule has 0 saturated carbocycles. The van der Waals surface area contributed by atoms with Crippen molar-refractivity contribution in [1.82, 2.24) is 25.5 Å². The van der Waals surface area contributed by atoms with E-state index in [0.717, 1.165) is 24.5 Å². The van der Waals surface area contributed by atoms with Crippen molar-refractivity contribution in [1.29, 1.82) is 0 Å². The number of rotatable bonds is 6. The Balaban J connectivity index is 1.37. The summed E-state index contributed by atoms with van der Waals surface area (Å²) in [5.41, 5.74) is 2.02. The first kappa shape index (κ1) is 19.7. The zero-order valence-corrected chi connectivity index (χ0v) is 16.6. The van der Waals surface area contributed by atoms with Gasteiger partial charge in [-0.3, -0.25) is 4.79 Å². The summed E-state index contributed by atoms with van der Waals surface area (Å²) in [6, 6.07) is 12.2. The molecule has 1 aliphatic rings. The second-order valence-electron chi connectivity index (χ2n) is 6.77. The SMILES string of the molecule is Cc1ccc(Oc2cccc(C(=O)NCc3ccnc(N4CCOCC4)n3)c2)nn1. The van der Waals surface area contributed by atoms with Gasteiger partial charge in [0.1, 0.15) is 5.75 Å². The fourth-order valence-corrected chi connectivity index (χ4v) is 2.93. The molecule has 9 nitrogen and oxygen atoms in total. The number of morpholine rings is 1. The number of amides is 1. The fourth-order valence-electron chi connectivity index (χ4n) is 2.93. The molecule has 0 radical (unpaired) electrons. The largest absolute Gasteiger partial charge is 0.438 e. The molecule has 4 rings (SSSR count). The lowest BCUT2D eigenvalue weighted by atomic mass is 10.2. The molecule has 0 spiro atoms. The Bertz CT molecular complexity index is 1010. The molecule has 9 heteroatoms. The standard InChI is InChI=1S/C21H22N6O3/c1-15-5-6-19(26-25-15)30-18-4-2-3-16(13-18)20(28)23-14-17-7-8-22-21(24-17)27-9-11-29-12-10-27/h2-8,13H,9-12,14H2,1H3,(H,23,28). The molecule has 0 atom stereocenters. The average molecular weight is 406 g/mol. The van der Waals surface area contributed by atoms with Crippen molar-refractivity contribution < 1.29 is 14.3 Å². The van der Waals surface area contributed by atoms with Crippen LogP contribution in [0.15, 0.2) is 48.7 Å². The third-order valence-corrected chi connectivity index (χ3v) is 4.52. The number of hydrogen-bond donors (Lipinski definition) is 1. The summed E-state index contributed by atoms with van der Waals surface area (Å²) < 4.78 is 11.0. The first-order valence-corrected chi connectivity index (χ1v) is 9.68. The molecular formula is C21H22N6O3. The van der Waals surface area contributed by atoms with Crippen molar-refractivity contribution in [3.63, 3.8) is 0 Å². The summed E-state index contributed by atoms with van der Waals surface area (Å²) >= 11 is 0. The minimum absolute atomic E-state index is 0.220. The van der Waals surface area contributed by atoms with Crippen LogP contribution >= 0.6 is 0 Å². The van der Waals surface area contributed by atoms with Crippen molar-refractivity contribution >= 4 is 11.9 Å². The highest BCUT2D eigenvalue weighted by atomic mass is 16.5. The van der Waals surface area contributed by atoms with Gasteiger partial charge in [0.2, 0.25) is 11.8 Å². The maximum absolute atomic E-state index is 12.6. The lowest BCUT2D eigenvalue weighted by Gasteiger charge is -2.26. The second kappa shape index (κ2) is 9.27. The van der Waals surface area contributed by atoms with Crippen molar-refractivity contribution in [2.24, 2.45) is 0 Å². The minimum atomic E-state index is -0.220. The number of carbonyl (C=O) groups is 1. The van der Waals surface area contributed by atoms with Crippen LogP contribution in [0.5, 0.6) is 11.6 Å². The maximum Gasteiger partial charge on any atom is 0.251 e. The summed E-state index contributed by atoms with van der Waals surface area (Å²) in [5, 5.41) is 10.8. The molecule has 3 heterocycles. The lowest BCUT2D eigenvalue weighted by Crippen LogP contribution is -2.37. The van der Waals surface area contributed by atoms with Gasteiger partial charge in [-0.2, -0.15) is 5.10 Å². The number of carbonyl (C=O) groups excluding carboxylic acids is 1. The van der Waals surface area contributed by atoms with Crippen molar-refractivity contribution in [3.8, 4) is 11.6 Å². The van der Waals surface area contributed by atoms with Gasteiger partial charge in [0.25, 0.3) is 5.91 Å². The third kappa shape index (κ3) is 5.06. The Morgan fingerprint density at radius 1 is 1.17 bits per heavy atom. The van der Waals surface area contributed by atoms with Crippen LogP contribution in [0.2, 0.25) is 0 Å². The number of nitrogens with one attached hydrogen (secondary N) is 1. The van der Waals surface area contributed by atoms with Crippen LogP contribution in [-0.4, -0.2) is 52.4 Å². The van der Waals surface area contributed by atoms with Gasteiger partial charge in [0, 0.05) is 30.9 Å². The molecule has 0 aliphatic carbocycles. The molecule has 1 amide bonds. The van der Waals surface area contributed by atoms with Crippen LogP contribution in [0.25, 0.3) is 0 Å². The molecular weight excluding hydrogens is 384 g/mol. The summed E-state index contributed by atoms with van der Waals surface area (Å²) in [7, 11) is 0. The van der Waals surface area contributed by atoms with Crippen LogP contribution in [0.4, 0.5) is 5.95 Å². The molecule has 30 heavy (non-hydrogen) atoms. The molecule has 154 valence electrons. The predicted octanol–water partition coefficient (Wildman–Crippen LogP) is 2.13. The number of hydrogen-bond acceptors (Lipinski definition) is 8. The number of aromatic nitrogens is 4. The molecule has 1 fully saturated rings. The number of anilines is 1. The minimum Gasteiger partial charge on any atom is -0.438 e. The van der Waals surface area contributed by atoms with Gasteiger partial charge in [0.15, 0.2) is 0 Å². The topological polar surface area (TPSA) is 102 Å². The Morgan fingerprint density at radius 3 is 2.83 bits per heavy atom. The van der Waals surface area contributed by atoms with Crippen LogP contribution in [0, 0.1) is 6.92 Å². The number of benzene rings is 1. The van der Waals surface area contributed by atoms with E-state index in [1.54, 1.807) is 42.6 Å². The smallest absolute Gasteiger partial charge is 0.251 e. The normalized spacial score (nSPS) is 13.7. The van der Waals surface area contributed by atoms with Crippen molar-refractivity contribution in [2.45, 2.75) is 13.5 Å². The van der Waals surface area contributed by atoms with Crippen molar-refractivity contribution in [3.05, 3.63) is 65.6 Å². The van der Waals surface area contributed by atoms with Gasteiger partial charge in [0.05, 0.1) is 31.1 Å². The quantitative estimate of drug-likeness (QED) is 0.664. The van der Waals surface area contributed by atoms with Gasteiger partial charge in [-0.1, -0.05) is 6.07 Å². The molecule has 2 aromatic heterocycles. The van der Waals surface area contributed by atoms with E-state index in [0.29, 0.717) is 42.9 Å². The number of aryl methyl sites for hydroxylation is 1. The molecule has 0 bridgehead atoms. The van der Waals surface area contributed by atoms with Crippen LogP contribution in [0.1, 0.15) is 21.7 Å². The van der Waals surface area contributed by atoms with Crippen molar-refractivity contribution in [2.75, 3.05) is 31.2 Å². The highest BCUT2D eigenvalue weighted by Crippen LogP contribution is 2.20. The second-order valence-corrected chi connectivity index (χ2v) is 6.77. The van der Waals surface area contributed by atoms with Crippen LogP contribution in [0.3, 0.4) is 0 Å². The van der Waals surface area contributed by atoms with Gasteiger partial charge in [-0.15, -0.1) is 5.10 Å². The maximum atomic E-state index is 12.6. The van der Waals surface area contributed by atoms with E-state index in [1.807, 2.05) is 13.0 Å². The van der Waals surface area contributed by atoms with E-state index in [-0.39, 0.29) is 5.91 Å².